The van der Waals surface area contributed by atoms with Gasteiger partial charge in [0.15, 0.2) is 6.10 Å². The van der Waals surface area contributed by atoms with Crippen LogP contribution in [0.2, 0.25) is 0 Å². The minimum atomic E-state index is -0.775. The van der Waals surface area contributed by atoms with Gasteiger partial charge >= 0.3 is 17.9 Å². The molecule has 0 fully saturated rings. The van der Waals surface area contributed by atoms with Crippen molar-refractivity contribution in [3.63, 3.8) is 0 Å². The van der Waals surface area contributed by atoms with Gasteiger partial charge in [-0.3, -0.25) is 14.4 Å². The Morgan fingerprint density at radius 1 is 0.308 bits per heavy atom. The van der Waals surface area contributed by atoms with Gasteiger partial charge < -0.3 is 14.2 Å². The maximum Gasteiger partial charge on any atom is 0.306 e. The van der Waals surface area contributed by atoms with Gasteiger partial charge in [0.05, 0.1) is 0 Å². The standard InChI is InChI=1S/C59H106O6/c1-4-7-10-13-16-18-20-22-24-25-26-27-28-29-30-31-32-33-34-35-36-38-39-41-43-46-49-52-58(61)64-55-56(54-63-57(60)51-48-45-15-12-9-6-3)65-59(62)53-50-47-44-42-40-37-23-21-19-17-14-11-8-5-2/h14,17,20-23,25-26,56H,4-13,15-16,18-19,24,27-55H2,1-3H3/b17-14-,22-20-,23-21-,26-25-. The number of esters is 3. The van der Waals surface area contributed by atoms with E-state index in [1.165, 1.54) is 161 Å². The molecule has 0 heterocycles. The van der Waals surface area contributed by atoms with Crippen molar-refractivity contribution in [3.05, 3.63) is 48.6 Å². The molecule has 0 radical (unpaired) electrons. The highest BCUT2D eigenvalue weighted by molar-refractivity contribution is 5.71. The molecule has 0 N–H and O–H groups in total. The second-order valence-corrected chi connectivity index (χ2v) is 18.8. The molecule has 0 spiro atoms. The lowest BCUT2D eigenvalue weighted by Crippen LogP contribution is -2.30. The summed E-state index contributed by atoms with van der Waals surface area (Å²) < 4.78 is 16.7. The summed E-state index contributed by atoms with van der Waals surface area (Å²) in [4.78, 5) is 37.8. The summed E-state index contributed by atoms with van der Waals surface area (Å²) in [5.74, 6) is -0.892. The summed E-state index contributed by atoms with van der Waals surface area (Å²) in [7, 11) is 0. The Kier molecular flexibility index (Phi) is 51.8. The van der Waals surface area contributed by atoms with Crippen LogP contribution in [0.4, 0.5) is 0 Å². The molecule has 0 amide bonds. The number of unbranched alkanes of at least 4 members (excludes halogenated alkanes) is 32. The largest absolute Gasteiger partial charge is 0.462 e. The van der Waals surface area contributed by atoms with Crippen LogP contribution in [0.25, 0.3) is 0 Å². The minimum Gasteiger partial charge on any atom is -0.462 e. The molecule has 1 atom stereocenters. The van der Waals surface area contributed by atoms with Gasteiger partial charge in [0.1, 0.15) is 13.2 Å². The monoisotopic (exact) mass is 911 g/mol. The maximum atomic E-state index is 12.7. The highest BCUT2D eigenvalue weighted by Crippen LogP contribution is 2.16. The smallest absolute Gasteiger partial charge is 0.306 e. The van der Waals surface area contributed by atoms with Crippen molar-refractivity contribution in [1.82, 2.24) is 0 Å². The summed E-state index contributed by atoms with van der Waals surface area (Å²) in [6.45, 7) is 6.54. The second-order valence-electron chi connectivity index (χ2n) is 18.8. The number of carbonyl (C=O) groups is 3. The van der Waals surface area contributed by atoms with Crippen LogP contribution in [0.3, 0.4) is 0 Å². The molecule has 0 aromatic carbocycles. The predicted molar refractivity (Wildman–Crippen MR) is 279 cm³/mol. The predicted octanol–water partition coefficient (Wildman–Crippen LogP) is 18.7. The van der Waals surface area contributed by atoms with Crippen molar-refractivity contribution in [1.29, 1.82) is 0 Å². The van der Waals surface area contributed by atoms with Crippen LogP contribution < -0.4 is 0 Å². The van der Waals surface area contributed by atoms with Gasteiger partial charge in [0.2, 0.25) is 0 Å². The van der Waals surface area contributed by atoms with Crippen LogP contribution in [0.15, 0.2) is 48.6 Å². The molecular weight excluding hydrogens is 805 g/mol. The van der Waals surface area contributed by atoms with Gasteiger partial charge in [-0.2, -0.15) is 0 Å². The Morgan fingerprint density at radius 3 is 0.892 bits per heavy atom. The lowest BCUT2D eigenvalue weighted by atomic mass is 10.0. The van der Waals surface area contributed by atoms with E-state index in [9.17, 15) is 14.4 Å². The Hall–Kier alpha value is -2.63. The van der Waals surface area contributed by atoms with Crippen molar-refractivity contribution in [2.75, 3.05) is 13.2 Å². The van der Waals surface area contributed by atoms with E-state index in [2.05, 4.69) is 69.4 Å². The van der Waals surface area contributed by atoms with E-state index < -0.39 is 6.10 Å². The van der Waals surface area contributed by atoms with Crippen molar-refractivity contribution >= 4 is 17.9 Å². The quantitative estimate of drug-likeness (QED) is 0.0262. The molecule has 0 aromatic rings. The van der Waals surface area contributed by atoms with Crippen molar-refractivity contribution in [2.45, 2.75) is 297 Å². The molecule has 0 rings (SSSR count). The Bertz CT molecular complexity index is 1140. The first-order chi connectivity index (χ1) is 32.0. The van der Waals surface area contributed by atoms with Crippen LogP contribution >= 0.6 is 0 Å². The normalized spacial score (nSPS) is 12.4. The third-order valence-electron chi connectivity index (χ3n) is 12.3. The van der Waals surface area contributed by atoms with Crippen LogP contribution in [-0.4, -0.2) is 37.2 Å². The van der Waals surface area contributed by atoms with Crippen molar-refractivity contribution < 1.29 is 28.6 Å². The summed E-state index contributed by atoms with van der Waals surface area (Å²) in [5, 5.41) is 0. The van der Waals surface area contributed by atoms with Gasteiger partial charge in [-0.25, -0.2) is 0 Å². The Balaban J connectivity index is 4.05. The molecule has 0 aliphatic rings. The first kappa shape index (κ1) is 62.4. The topological polar surface area (TPSA) is 78.9 Å². The van der Waals surface area contributed by atoms with E-state index in [-0.39, 0.29) is 31.1 Å². The highest BCUT2D eigenvalue weighted by atomic mass is 16.6. The molecule has 378 valence electrons. The van der Waals surface area contributed by atoms with Crippen molar-refractivity contribution in [2.24, 2.45) is 0 Å². The van der Waals surface area contributed by atoms with Crippen LogP contribution in [-0.2, 0) is 28.6 Å². The zero-order valence-electron chi connectivity index (χ0n) is 43.3. The Labute approximate surface area is 403 Å². The van der Waals surface area contributed by atoms with E-state index in [1.54, 1.807) is 0 Å². The fourth-order valence-corrected chi connectivity index (χ4v) is 8.02. The van der Waals surface area contributed by atoms with Crippen LogP contribution in [0.1, 0.15) is 290 Å². The van der Waals surface area contributed by atoms with E-state index in [0.29, 0.717) is 19.3 Å². The van der Waals surface area contributed by atoms with Gasteiger partial charge in [-0.05, 0) is 77.0 Å². The minimum absolute atomic E-state index is 0.0768. The molecule has 0 saturated heterocycles. The number of carbonyl (C=O) groups excluding carboxylic acids is 3. The highest BCUT2D eigenvalue weighted by Gasteiger charge is 2.19. The number of rotatable bonds is 51. The molecule has 6 nitrogen and oxygen atoms in total. The van der Waals surface area contributed by atoms with Gasteiger partial charge in [-0.1, -0.05) is 243 Å². The van der Waals surface area contributed by atoms with E-state index in [4.69, 9.17) is 14.2 Å². The molecule has 0 bridgehead atoms. The zero-order valence-corrected chi connectivity index (χ0v) is 43.3. The summed E-state index contributed by atoms with van der Waals surface area (Å²) in [6.07, 6.45) is 65.7. The number of ether oxygens (including phenoxy) is 3. The number of allylic oxidation sites excluding steroid dienone is 8. The first-order valence-corrected chi connectivity index (χ1v) is 28.1. The fourth-order valence-electron chi connectivity index (χ4n) is 8.02. The summed E-state index contributed by atoms with van der Waals surface area (Å²) >= 11 is 0. The molecular formula is C59H106O6. The molecule has 0 aliphatic carbocycles. The Morgan fingerprint density at radius 2 is 0.569 bits per heavy atom. The SMILES string of the molecule is CCCC/C=C\C/C=C\CCCCCCCC(=O)OC(COC(=O)CCCCCCCC)COC(=O)CCCCCCCCCCCCCCCCC/C=C\C/C=C\CCCCCCC. The summed E-state index contributed by atoms with van der Waals surface area (Å²) in [6, 6.07) is 0. The van der Waals surface area contributed by atoms with Gasteiger partial charge in [-0.15, -0.1) is 0 Å². The van der Waals surface area contributed by atoms with Gasteiger partial charge in [0, 0.05) is 19.3 Å². The first-order valence-electron chi connectivity index (χ1n) is 28.1. The van der Waals surface area contributed by atoms with Crippen LogP contribution in [0, 0.1) is 0 Å². The third-order valence-corrected chi connectivity index (χ3v) is 12.3. The molecule has 65 heavy (non-hydrogen) atoms. The zero-order chi connectivity index (χ0) is 47.2. The molecule has 0 aliphatic heterocycles. The average Bonchev–Trinajstić information content (AvgIpc) is 3.30. The second kappa shape index (κ2) is 54.0. The van der Waals surface area contributed by atoms with Crippen LogP contribution in [0.5, 0.6) is 0 Å². The number of hydrogen-bond acceptors (Lipinski definition) is 6. The number of hydrogen-bond donors (Lipinski definition) is 0. The lowest BCUT2D eigenvalue weighted by Gasteiger charge is -2.18. The maximum absolute atomic E-state index is 12.7. The van der Waals surface area contributed by atoms with E-state index >= 15 is 0 Å². The average molecular weight is 911 g/mol. The van der Waals surface area contributed by atoms with E-state index in [0.717, 1.165) is 89.9 Å². The fraction of sp³-hybridized carbons (Fsp3) is 0.814. The third kappa shape index (κ3) is 52.2. The lowest BCUT2D eigenvalue weighted by molar-refractivity contribution is -0.167. The molecule has 0 saturated carbocycles. The van der Waals surface area contributed by atoms with E-state index in [1.807, 2.05) is 0 Å². The molecule has 1 unspecified atom stereocenters. The molecule has 0 aromatic heterocycles. The van der Waals surface area contributed by atoms with Crippen molar-refractivity contribution in [3.8, 4) is 0 Å². The summed E-state index contributed by atoms with van der Waals surface area (Å²) in [5.41, 5.74) is 0. The molecule has 6 heteroatoms. The van der Waals surface area contributed by atoms with Gasteiger partial charge in [0.25, 0.3) is 0 Å².